The van der Waals surface area contributed by atoms with Gasteiger partial charge >= 0.3 is 6.18 Å². The van der Waals surface area contributed by atoms with E-state index < -0.39 is 28.8 Å². The van der Waals surface area contributed by atoms with E-state index in [0.29, 0.717) is 5.56 Å². The summed E-state index contributed by atoms with van der Waals surface area (Å²) in [6.45, 7) is 0.493. The Balaban J connectivity index is 2.82. The van der Waals surface area contributed by atoms with Crippen LogP contribution in [0.4, 0.5) is 13.2 Å². The summed E-state index contributed by atoms with van der Waals surface area (Å²) in [6, 6.07) is 5.26. The second kappa shape index (κ2) is 6.11. The number of benzene rings is 1. The standard InChI is InChI=1S/C12H17F3N2O2S/c1-9(16-8-12(13,14)15)10-4-6-11(7-5-10)20(18,19)17(2)3/h4-7,9,16H,8H2,1-3H3. The fraction of sp³-hybridized carbons (Fsp3) is 0.500. The van der Waals surface area contributed by atoms with Gasteiger partial charge in [0.1, 0.15) is 0 Å². The molecule has 1 aromatic carbocycles. The molecule has 0 spiro atoms. The molecule has 0 aliphatic rings. The molecule has 0 amide bonds. The molecule has 1 unspecified atom stereocenters. The minimum Gasteiger partial charge on any atom is -0.302 e. The zero-order valence-electron chi connectivity index (χ0n) is 11.4. The van der Waals surface area contributed by atoms with Gasteiger partial charge in [0.05, 0.1) is 11.4 Å². The van der Waals surface area contributed by atoms with E-state index >= 15 is 0 Å². The van der Waals surface area contributed by atoms with E-state index in [1.807, 2.05) is 0 Å². The van der Waals surface area contributed by atoms with Gasteiger partial charge in [0, 0.05) is 20.1 Å². The maximum atomic E-state index is 12.1. The first kappa shape index (κ1) is 16.9. The molecule has 0 fully saturated rings. The molecule has 0 saturated carbocycles. The van der Waals surface area contributed by atoms with Crippen molar-refractivity contribution in [3.05, 3.63) is 29.8 Å². The zero-order chi connectivity index (χ0) is 15.6. The highest BCUT2D eigenvalue weighted by atomic mass is 32.2. The number of halogens is 3. The molecule has 1 atom stereocenters. The lowest BCUT2D eigenvalue weighted by molar-refractivity contribution is -0.126. The van der Waals surface area contributed by atoms with Crippen molar-refractivity contribution in [1.29, 1.82) is 0 Å². The number of nitrogens with zero attached hydrogens (tertiary/aromatic N) is 1. The van der Waals surface area contributed by atoms with Gasteiger partial charge < -0.3 is 5.32 Å². The van der Waals surface area contributed by atoms with Gasteiger partial charge in [0.15, 0.2) is 0 Å². The highest BCUT2D eigenvalue weighted by molar-refractivity contribution is 7.89. The van der Waals surface area contributed by atoms with Gasteiger partial charge in [-0.05, 0) is 24.6 Å². The molecule has 0 aromatic heterocycles. The van der Waals surface area contributed by atoms with Crippen LogP contribution in [0.15, 0.2) is 29.2 Å². The van der Waals surface area contributed by atoms with Crippen LogP contribution in [0.2, 0.25) is 0 Å². The third-order valence-electron chi connectivity index (χ3n) is 2.77. The molecular formula is C12H17F3N2O2S. The zero-order valence-corrected chi connectivity index (χ0v) is 12.2. The number of alkyl halides is 3. The number of hydrogen-bond donors (Lipinski definition) is 1. The molecule has 0 saturated heterocycles. The fourth-order valence-corrected chi connectivity index (χ4v) is 2.43. The Morgan fingerprint density at radius 3 is 2.10 bits per heavy atom. The minimum absolute atomic E-state index is 0.106. The van der Waals surface area contributed by atoms with Crippen LogP contribution in [0.25, 0.3) is 0 Å². The molecule has 1 aromatic rings. The molecule has 8 heteroatoms. The fourth-order valence-electron chi connectivity index (χ4n) is 1.53. The first-order chi connectivity index (χ1) is 9.04. The third kappa shape index (κ3) is 4.46. The molecule has 1 rings (SSSR count). The van der Waals surface area contributed by atoms with Gasteiger partial charge in [-0.25, -0.2) is 12.7 Å². The summed E-state index contributed by atoms with van der Waals surface area (Å²) in [6.07, 6.45) is -4.28. The topological polar surface area (TPSA) is 49.4 Å². The monoisotopic (exact) mass is 310 g/mol. The summed E-state index contributed by atoms with van der Waals surface area (Å²) in [5, 5.41) is 2.33. The van der Waals surface area contributed by atoms with Crippen LogP contribution >= 0.6 is 0 Å². The molecule has 114 valence electrons. The van der Waals surface area contributed by atoms with E-state index in [0.717, 1.165) is 4.31 Å². The van der Waals surface area contributed by atoms with Crippen LogP contribution < -0.4 is 5.32 Å². The summed E-state index contributed by atoms with van der Waals surface area (Å²) in [5.41, 5.74) is 0.590. The van der Waals surface area contributed by atoms with Crippen molar-refractivity contribution in [2.45, 2.75) is 24.0 Å². The van der Waals surface area contributed by atoms with Gasteiger partial charge in [-0.2, -0.15) is 13.2 Å². The van der Waals surface area contributed by atoms with Gasteiger partial charge in [0.2, 0.25) is 10.0 Å². The lowest BCUT2D eigenvalue weighted by atomic mass is 10.1. The number of rotatable bonds is 5. The Morgan fingerprint density at radius 1 is 1.20 bits per heavy atom. The van der Waals surface area contributed by atoms with E-state index in [2.05, 4.69) is 5.32 Å². The maximum absolute atomic E-state index is 12.1. The van der Waals surface area contributed by atoms with Crippen LogP contribution in [0.1, 0.15) is 18.5 Å². The molecule has 0 aliphatic carbocycles. The van der Waals surface area contributed by atoms with Crippen molar-refractivity contribution < 1.29 is 21.6 Å². The average molecular weight is 310 g/mol. The largest absolute Gasteiger partial charge is 0.401 e. The second-order valence-corrected chi connectivity index (χ2v) is 6.73. The SMILES string of the molecule is CC(NCC(F)(F)F)c1ccc(S(=O)(=O)N(C)C)cc1. The van der Waals surface area contributed by atoms with E-state index in [1.54, 1.807) is 6.92 Å². The maximum Gasteiger partial charge on any atom is 0.401 e. The Kier molecular flexibility index (Phi) is 5.17. The number of hydrogen-bond acceptors (Lipinski definition) is 3. The first-order valence-electron chi connectivity index (χ1n) is 5.86. The molecule has 0 radical (unpaired) electrons. The van der Waals surface area contributed by atoms with E-state index in [1.165, 1.54) is 38.4 Å². The summed E-state index contributed by atoms with van der Waals surface area (Å²) in [7, 11) is -0.695. The molecule has 0 aliphatic heterocycles. The van der Waals surface area contributed by atoms with Crippen molar-refractivity contribution in [1.82, 2.24) is 9.62 Å². The highest BCUT2D eigenvalue weighted by Gasteiger charge is 2.27. The Bertz CT molecular complexity index is 539. The Hall–Kier alpha value is -1.12. The number of nitrogens with one attached hydrogen (secondary N) is 1. The lowest BCUT2D eigenvalue weighted by Crippen LogP contribution is -2.30. The Labute approximate surface area is 116 Å². The van der Waals surface area contributed by atoms with Crippen molar-refractivity contribution in [2.24, 2.45) is 0 Å². The van der Waals surface area contributed by atoms with Crippen molar-refractivity contribution in [3.63, 3.8) is 0 Å². The first-order valence-corrected chi connectivity index (χ1v) is 7.30. The summed E-state index contributed by atoms with van der Waals surface area (Å²) in [4.78, 5) is 0.106. The normalized spacial score (nSPS) is 14.6. The highest BCUT2D eigenvalue weighted by Crippen LogP contribution is 2.20. The van der Waals surface area contributed by atoms with E-state index in [4.69, 9.17) is 0 Å². The van der Waals surface area contributed by atoms with Crippen LogP contribution in [0.5, 0.6) is 0 Å². The molecule has 0 bridgehead atoms. The quantitative estimate of drug-likeness (QED) is 0.906. The van der Waals surface area contributed by atoms with Crippen LogP contribution in [-0.4, -0.2) is 39.5 Å². The third-order valence-corrected chi connectivity index (χ3v) is 4.60. The van der Waals surface area contributed by atoms with Crippen molar-refractivity contribution >= 4 is 10.0 Å². The lowest BCUT2D eigenvalue weighted by Gasteiger charge is -2.17. The molecule has 1 N–H and O–H groups in total. The number of sulfonamides is 1. The van der Waals surface area contributed by atoms with Crippen LogP contribution in [0.3, 0.4) is 0 Å². The van der Waals surface area contributed by atoms with Crippen LogP contribution in [0, 0.1) is 0 Å². The molecule has 20 heavy (non-hydrogen) atoms. The van der Waals surface area contributed by atoms with E-state index in [-0.39, 0.29) is 4.90 Å². The van der Waals surface area contributed by atoms with Gasteiger partial charge in [0.25, 0.3) is 0 Å². The predicted molar refractivity (Wildman–Crippen MR) is 69.8 cm³/mol. The van der Waals surface area contributed by atoms with Gasteiger partial charge in [-0.15, -0.1) is 0 Å². The smallest absolute Gasteiger partial charge is 0.302 e. The Morgan fingerprint density at radius 2 is 1.70 bits per heavy atom. The predicted octanol–water partition coefficient (Wildman–Crippen LogP) is 2.15. The van der Waals surface area contributed by atoms with Crippen molar-refractivity contribution in [3.8, 4) is 0 Å². The second-order valence-electron chi connectivity index (χ2n) is 4.57. The summed E-state index contributed by atoms with van der Waals surface area (Å²) < 4.78 is 61.0. The molecular weight excluding hydrogens is 293 g/mol. The average Bonchev–Trinajstić information content (AvgIpc) is 2.35. The van der Waals surface area contributed by atoms with Gasteiger partial charge in [-0.1, -0.05) is 12.1 Å². The van der Waals surface area contributed by atoms with E-state index in [9.17, 15) is 21.6 Å². The molecule has 0 heterocycles. The van der Waals surface area contributed by atoms with Crippen LogP contribution in [-0.2, 0) is 10.0 Å². The summed E-state index contributed by atoms with van der Waals surface area (Å²) >= 11 is 0. The molecule has 4 nitrogen and oxygen atoms in total. The minimum atomic E-state index is -4.28. The van der Waals surface area contributed by atoms with Crippen molar-refractivity contribution in [2.75, 3.05) is 20.6 Å². The van der Waals surface area contributed by atoms with Gasteiger partial charge in [-0.3, -0.25) is 0 Å². The summed E-state index contributed by atoms with van der Waals surface area (Å²) in [5.74, 6) is 0.